The Balaban J connectivity index is -0.000000376. The fraction of sp³-hybridized carbons (Fsp3) is 0.714. The molecule has 0 unspecified atom stereocenters. The van der Waals surface area contributed by atoms with Crippen molar-refractivity contribution < 1.29 is 0 Å². The summed E-state index contributed by atoms with van der Waals surface area (Å²) in [6.45, 7) is 17.7. The van der Waals surface area contributed by atoms with Gasteiger partial charge in [-0.15, -0.1) is 0 Å². The lowest BCUT2D eigenvalue weighted by molar-refractivity contribution is 0.775. The maximum atomic E-state index is 4.20. The van der Waals surface area contributed by atoms with Gasteiger partial charge in [0.15, 0.2) is 0 Å². The summed E-state index contributed by atoms with van der Waals surface area (Å²) in [5.74, 6) is 0. The van der Waals surface area contributed by atoms with E-state index in [2.05, 4.69) is 37.5 Å². The Labute approximate surface area is 103 Å². The Bertz CT molecular complexity index is 187. The van der Waals surface area contributed by atoms with Crippen molar-refractivity contribution in [2.45, 2.75) is 67.7 Å². The molecule has 0 atom stereocenters. The van der Waals surface area contributed by atoms with Crippen LogP contribution in [0.1, 0.15) is 67.7 Å². The molecule has 0 radical (unpaired) electrons. The predicted octanol–water partition coefficient (Wildman–Crippen LogP) is 5.25. The van der Waals surface area contributed by atoms with Crippen LogP contribution in [0.3, 0.4) is 0 Å². The van der Waals surface area contributed by atoms with Gasteiger partial charge in [-0.3, -0.25) is 4.99 Å². The van der Waals surface area contributed by atoms with E-state index in [1.807, 2.05) is 27.7 Å². The highest BCUT2D eigenvalue weighted by Crippen LogP contribution is 2.12. The molecule has 0 aromatic heterocycles. The molecule has 96 valence electrons. The third kappa shape index (κ3) is 15.5. The first-order valence-electron chi connectivity index (χ1n) is 6.37. The minimum Gasteiger partial charge on any atom is -0.253 e. The minimum absolute atomic E-state index is 1.05. The van der Waals surface area contributed by atoms with Gasteiger partial charge >= 0.3 is 0 Å². The first-order valence-corrected chi connectivity index (χ1v) is 6.37. The van der Waals surface area contributed by atoms with Gasteiger partial charge in [0.05, 0.1) is 0 Å². The van der Waals surface area contributed by atoms with Gasteiger partial charge in [0.2, 0.25) is 0 Å². The van der Waals surface area contributed by atoms with Crippen LogP contribution in [-0.2, 0) is 0 Å². The minimum atomic E-state index is 1.05. The Hall–Kier alpha value is -0.920. The van der Waals surface area contributed by atoms with Gasteiger partial charge in [-0.1, -0.05) is 46.6 Å². The van der Waals surface area contributed by atoms with Crippen molar-refractivity contribution in [1.29, 1.82) is 0 Å². The molecule has 0 bridgehead atoms. The Kier molecular flexibility index (Phi) is 25.1. The third-order valence-corrected chi connectivity index (χ3v) is 1.64. The monoisotopic (exact) mass is 226 g/mol. The van der Waals surface area contributed by atoms with Crippen LogP contribution in [0.5, 0.6) is 0 Å². The molecular formula is C14H30N2. The van der Waals surface area contributed by atoms with Crippen molar-refractivity contribution in [3.63, 3.8) is 0 Å². The molecule has 16 heavy (non-hydrogen) atoms. The quantitative estimate of drug-likeness (QED) is 0.452. The summed E-state index contributed by atoms with van der Waals surface area (Å²) < 4.78 is 0. The highest BCUT2D eigenvalue weighted by molar-refractivity contribution is 5.63. The third-order valence-electron chi connectivity index (χ3n) is 1.64. The number of nitrogens with zero attached hydrogens (tertiary/aromatic N) is 2. The first kappa shape index (κ1) is 20.5. The van der Waals surface area contributed by atoms with Gasteiger partial charge in [-0.2, -0.15) is 0 Å². The van der Waals surface area contributed by atoms with E-state index in [4.69, 9.17) is 0 Å². The molecule has 0 spiro atoms. The van der Waals surface area contributed by atoms with E-state index in [0.29, 0.717) is 0 Å². The molecule has 0 N–H and O–H groups in total. The summed E-state index contributed by atoms with van der Waals surface area (Å²) in [6, 6.07) is 0. The number of hydrogen-bond acceptors (Lipinski definition) is 1. The van der Waals surface area contributed by atoms with Gasteiger partial charge < -0.3 is 0 Å². The molecular weight excluding hydrogens is 196 g/mol. The highest BCUT2D eigenvalue weighted by atomic mass is 14.8. The topological polar surface area (TPSA) is 24.7 Å². The summed E-state index contributed by atoms with van der Waals surface area (Å²) in [7, 11) is 0. The molecule has 2 heteroatoms. The number of unbranched alkanes of at least 4 members (excludes halogenated alkanes) is 1. The van der Waals surface area contributed by atoms with Crippen LogP contribution in [0.2, 0.25) is 0 Å². The lowest BCUT2D eigenvalue weighted by Gasteiger charge is -2.01. The second-order valence-electron chi connectivity index (χ2n) is 2.98. The molecule has 0 amide bonds. The number of hydrogen-bond donors (Lipinski definition) is 0. The zero-order valence-corrected chi connectivity index (χ0v) is 12.3. The average molecular weight is 226 g/mol. The molecule has 0 aliphatic rings. The van der Waals surface area contributed by atoms with Crippen LogP contribution >= 0.6 is 0 Å². The van der Waals surface area contributed by atoms with E-state index in [-0.39, 0.29) is 0 Å². The van der Waals surface area contributed by atoms with E-state index in [9.17, 15) is 0 Å². The van der Waals surface area contributed by atoms with E-state index < -0.39 is 0 Å². The molecule has 0 aromatic carbocycles. The molecule has 0 saturated carbocycles. The summed E-state index contributed by atoms with van der Waals surface area (Å²) in [6.07, 6.45) is 4.95. The van der Waals surface area contributed by atoms with E-state index in [1.54, 1.807) is 0 Å². The lowest BCUT2D eigenvalue weighted by atomic mass is 10.1. The number of allylic oxidation sites excluding steroid dienone is 2. The largest absolute Gasteiger partial charge is 0.253 e. The molecule has 0 aliphatic heterocycles. The zero-order valence-electron chi connectivity index (χ0n) is 12.3. The van der Waals surface area contributed by atoms with Crippen molar-refractivity contribution in [3.05, 3.63) is 11.3 Å². The van der Waals surface area contributed by atoms with Crippen LogP contribution in [-0.4, -0.2) is 13.1 Å². The molecule has 0 aliphatic carbocycles. The Morgan fingerprint density at radius 1 is 1.12 bits per heavy atom. The zero-order chi connectivity index (χ0) is 13.4. The summed E-state index contributed by atoms with van der Waals surface area (Å²) >= 11 is 0. The first-order chi connectivity index (χ1) is 7.72. The second kappa shape index (κ2) is 19.6. The second-order valence-corrected chi connectivity index (χ2v) is 2.98. The van der Waals surface area contributed by atoms with Gasteiger partial charge in [0.25, 0.3) is 0 Å². The Morgan fingerprint density at radius 2 is 1.62 bits per heavy atom. The normalized spacial score (nSPS) is 8.44. The molecule has 0 aromatic rings. The van der Waals surface area contributed by atoms with E-state index in [0.717, 1.165) is 12.1 Å². The smallest absolute Gasteiger partial charge is 0.114 e. The predicted molar refractivity (Wildman–Crippen MR) is 78.6 cm³/mol. The SMILES string of the molecule is C=NC=NC(CCCC)=C(C)C.CC.CC. The molecule has 0 saturated heterocycles. The van der Waals surface area contributed by atoms with Crippen LogP contribution in [0.4, 0.5) is 0 Å². The molecule has 0 heterocycles. The molecule has 2 nitrogen and oxygen atoms in total. The fourth-order valence-corrected chi connectivity index (χ4v) is 0.898. The Morgan fingerprint density at radius 3 is 1.94 bits per heavy atom. The lowest BCUT2D eigenvalue weighted by Crippen LogP contribution is -1.84. The van der Waals surface area contributed by atoms with Gasteiger partial charge in [-0.05, 0) is 33.4 Å². The van der Waals surface area contributed by atoms with E-state index in [1.165, 1.54) is 24.8 Å². The highest BCUT2D eigenvalue weighted by Gasteiger charge is 1.95. The summed E-state index contributed by atoms with van der Waals surface area (Å²) in [5.41, 5.74) is 2.41. The average Bonchev–Trinajstić information content (AvgIpc) is 2.34. The number of rotatable bonds is 5. The van der Waals surface area contributed by atoms with Crippen molar-refractivity contribution >= 4 is 13.1 Å². The van der Waals surface area contributed by atoms with Crippen molar-refractivity contribution in [2.75, 3.05) is 0 Å². The maximum absolute atomic E-state index is 4.20. The van der Waals surface area contributed by atoms with Crippen LogP contribution < -0.4 is 0 Å². The van der Waals surface area contributed by atoms with Crippen molar-refractivity contribution in [1.82, 2.24) is 0 Å². The molecule has 0 rings (SSSR count). The summed E-state index contributed by atoms with van der Waals surface area (Å²) in [4.78, 5) is 7.79. The van der Waals surface area contributed by atoms with Crippen LogP contribution in [0.15, 0.2) is 21.3 Å². The van der Waals surface area contributed by atoms with Crippen molar-refractivity contribution in [2.24, 2.45) is 9.98 Å². The van der Waals surface area contributed by atoms with Crippen LogP contribution in [0.25, 0.3) is 0 Å². The van der Waals surface area contributed by atoms with Gasteiger partial charge in [0.1, 0.15) is 6.34 Å². The standard InChI is InChI=1S/C10H18N2.2C2H6/c1-5-6-7-10(9(2)3)12-8-11-4;2*1-2/h8H,4-7H2,1-3H3;2*1-2H3. The number of aliphatic imine (C=N–C) groups is 2. The van der Waals surface area contributed by atoms with E-state index >= 15 is 0 Å². The van der Waals surface area contributed by atoms with Crippen molar-refractivity contribution in [3.8, 4) is 0 Å². The van der Waals surface area contributed by atoms with Crippen LogP contribution in [0, 0.1) is 0 Å². The molecule has 0 fully saturated rings. The summed E-state index contributed by atoms with van der Waals surface area (Å²) in [5, 5.41) is 0. The maximum Gasteiger partial charge on any atom is 0.114 e. The van der Waals surface area contributed by atoms with Gasteiger partial charge in [0, 0.05) is 5.70 Å². The van der Waals surface area contributed by atoms with Gasteiger partial charge in [-0.25, -0.2) is 4.99 Å². The fourth-order valence-electron chi connectivity index (χ4n) is 0.898.